The van der Waals surface area contributed by atoms with Crippen LogP contribution in [0, 0.1) is 5.82 Å². The molecule has 0 saturated carbocycles. The second kappa shape index (κ2) is 7.06. The average molecular weight is 409 g/mol. The first kappa shape index (κ1) is 17.6. The first-order valence-electron chi connectivity index (χ1n) is 8.21. The van der Waals surface area contributed by atoms with E-state index in [4.69, 9.17) is 23.2 Å². The molecule has 1 fully saturated rings. The molecule has 0 bridgehead atoms. The molecule has 1 aromatic heterocycles. The van der Waals surface area contributed by atoms with Crippen LogP contribution in [0.4, 0.5) is 10.1 Å². The van der Waals surface area contributed by atoms with Crippen LogP contribution in [0.1, 0.15) is 9.67 Å². The number of carbonyl (C=O) groups excluding carboxylic acids is 1. The number of hydrogen-bond acceptors (Lipinski definition) is 3. The molecular formula is C19H15Cl2FN2OS. The fraction of sp³-hybridized carbons (Fsp3) is 0.211. The van der Waals surface area contributed by atoms with E-state index < -0.39 is 0 Å². The van der Waals surface area contributed by atoms with Crippen molar-refractivity contribution < 1.29 is 9.18 Å². The summed E-state index contributed by atoms with van der Waals surface area (Å²) < 4.78 is 14.8. The summed E-state index contributed by atoms with van der Waals surface area (Å²) >= 11 is 13.8. The van der Waals surface area contributed by atoms with Gasteiger partial charge >= 0.3 is 0 Å². The molecule has 0 aliphatic carbocycles. The van der Waals surface area contributed by atoms with Gasteiger partial charge in [0.25, 0.3) is 5.91 Å². The Morgan fingerprint density at radius 1 is 1.04 bits per heavy atom. The van der Waals surface area contributed by atoms with Crippen LogP contribution in [0.25, 0.3) is 10.1 Å². The van der Waals surface area contributed by atoms with Crippen LogP contribution >= 0.6 is 34.5 Å². The highest BCUT2D eigenvalue weighted by molar-refractivity contribution is 7.21. The molecule has 134 valence electrons. The Kier molecular flexibility index (Phi) is 4.78. The number of thiophene rings is 1. The van der Waals surface area contributed by atoms with Crippen LogP contribution < -0.4 is 4.90 Å². The van der Waals surface area contributed by atoms with Crippen LogP contribution in [0.15, 0.2) is 42.5 Å². The highest BCUT2D eigenvalue weighted by Gasteiger charge is 2.26. The van der Waals surface area contributed by atoms with Gasteiger partial charge in [-0.25, -0.2) is 4.39 Å². The van der Waals surface area contributed by atoms with Gasteiger partial charge in [-0.3, -0.25) is 4.79 Å². The van der Waals surface area contributed by atoms with Gasteiger partial charge in [-0.1, -0.05) is 41.4 Å². The number of piperazine rings is 1. The normalized spacial score (nSPS) is 14.9. The molecule has 2 aromatic carbocycles. The van der Waals surface area contributed by atoms with Crippen molar-refractivity contribution >= 4 is 56.2 Å². The fourth-order valence-corrected chi connectivity index (χ4v) is 4.93. The minimum Gasteiger partial charge on any atom is -0.366 e. The predicted octanol–water partition coefficient (Wildman–Crippen LogP) is 5.31. The zero-order valence-corrected chi connectivity index (χ0v) is 16.0. The fourth-order valence-electron chi connectivity index (χ4n) is 3.18. The van der Waals surface area contributed by atoms with E-state index in [1.165, 1.54) is 17.4 Å². The number of hydrogen-bond donors (Lipinski definition) is 0. The molecule has 2 heterocycles. The summed E-state index contributed by atoms with van der Waals surface area (Å²) in [5.74, 6) is -0.322. The predicted molar refractivity (Wildman–Crippen MR) is 106 cm³/mol. The van der Waals surface area contributed by atoms with Crippen molar-refractivity contribution in [1.82, 2.24) is 4.90 Å². The first-order chi connectivity index (χ1) is 12.5. The molecule has 1 amide bonds. The van der Waals surface area contributed by atoms with Crippen LogP contribution in [0.2, 0.25) is 10.0 Å². The monoisotopic (exact) mass is 408 g/mol. The van der Waals surface area contributed by atoms with Crippen LogP contribution in [-0.2, 0) is 0 Å². The Bertz CT molecular complexity index is 983. The van der Waals surface area contributed by atoms with Crippen molar-refractivity contribution in [3.05, 3.63) is 63.2 Å². The van der Waals surface area contributed by atoms with E-state index in [0.29, 0.717) is 46.8 Å². The summed E-state index contributed by atoms with van der Waals surface area (Å²) in [6, 6.07) is 12.1. The molecule has 0 atom stereocenters. The number of nitrogens with zero attached hydrogens (tertiary/aromatic N) is 2. The summed E-state index contributed by atoms with van der Waals surface area (Å²) in [7, 11) is 0. The molecule has 26 heavy (non-hydrogen) atoms. The maximum absolute atomic E-state index is 13.9. The lowest BCUT2D eigenvalue weighted by Gasteiger charge is -2.36. The maximum Gasteiger partial charge on any atom is 0.265 e. The highest BCUT2D eigenvalue weighted by atomic mass is 35.5. The molecule has 0 N–H and O–H groups in total. The van der Waals surface area contributed by atoms with E-state index in [1.54, 1.807) is 23.1 Å². The first-order valence-corrected chi connectivity index (χ1v) is 9.78. The third-order valence-corrected chi connectivity index (χ3v) is 6.43. The molecule has 3 aromatic rings. The van der Waals surface area contributed by atoms with Gasteiger partial charge in [0.15, 0.2) is 0 Å². The summed E-state index contributed by atoms with van der Waals surface area (Å²) in [6.07, 6.45) is 0. The van der Waals surface area contributed by atoms with Crippen molar-refractivity contribution in [3.63, 3.8) is 0 Å². The van der Waals surface area contributed by atoms with Gasteiger partial charge < -0.3 is 9.80 Å². The van der Waals surface area contributed by atoms with E-state index in [2.05, 4.69) is 0 Å². The summed E-state index contributed by atoms with van der Waals surface area (Å²) in [5, 5.41) is 1.94. The number of carbonyl (C=O) groups is 1. The lowest BCUT2D eigenvalue weighted by Crippen LogP contribution is -2.48. The number of amides is 1. The quantitative estimate of drug-likeness (QED) is 0.573. The number of halogens is 3. The molecule has 7 heteroatoms. The van der Waals surface area contributed by atoms with E-state index in [0.717, 1.165) is 10.1 Å². The highest BCUT2D eigenvalue weighted by Crippen LogP contribution is 2.37. The van der Waals surface area contributed by atoms with Crippen LogP contribution in [-0.4, -0.2) is 37.0 Å². The number of para-hydroxylation sites is 1. The molecule has 0 radical (unpaired) electrons. The van der Waals surface area contributed by atoms with Gasteiger partial charge in [-0.05, 0) is 24.3 Å². The molecular weight excluding hydrogens is 394 g/mol. The van der Waals surface area contributed by atoms with Crippen molar-refractivity contribution in [2.75, 3.05) is 31.1 Å². The van der Waals surface area contributed by atoms with E-state index in [-0.39, 0.29) is 11.7 Å². The van der Waals surface area contributed by atoms with Gasteiger partial charge in [0, 0.05) is 41.3 Å². The van der Waals surface area contributed by atoms with Crippen LogP contribution in [0.3, 0.4) is 0 Å². The minimum atomic E-state index is -0.239. The Morgan fingerprint density at radius 3 is 2.50 bits per heavy atom. The largest absolute Gasteiger partial charge is 0.366 e. The third kappa shape index (κ3) is 3.15. The van der Waals surface area contributed by atoms with Gasteiger partial charge in [0.1, 0.15) is 10.7 Å². The lowest BCUT2D eigenvalue weighted by atomic mass is 10.2. The molecule has 1 aliphatic rings. The Hall–Kier alpha value is -1.82. The second-order valence-corrected chi connectivity index (χ2v) is 7.98. The van der Waals surface area contributed by atoms with Gasteiger partial charge in [0.05, 0.1) is 10.7 Å². The molecule has 1 saturated heterocycles. The van der Waals surface area contributed by atoms with Crippen molar-refractivity contribution in [1.29, 1.82) is 0 Å². The summed E-state index contributed by atoms with van der Waals surface area (Å²) in [4.78, 5) is 17.2. The average Bonchev–Trinajstić information content (AvgIpc) is 2.97. The minimum absolute atomic E-state index is 0.0829. The molecule has 4 rings (SSSR count). The Labute approximate surface area is 164 Å². The lowest BCUT2D eigenvalue weighted by molar-refractivity contribution is 0.0752. The second-order valence-electron chi connectivity index (χ2n) is 6.12. The maximum atomic E-state index is 13.9. The van der Waals surface area contributed by atoms with Crippen molar-refractivity contribution in [2.45, 2.75) is 0 Å². The molecule has 0 unspecified atom stereocenters. The molecule has 1 aliphatic heterocycles. The number of fused-ring (bicyclic) bond motifs is 1. The molecule has 3 nitrogen and oxygen atoms in total. The van der Waals surface area contributed by atoms with Crippen LogP contribution in [0.5, 0.6) is 0 Å². The SMILES string of the molecule is O=C(c1sc2cc(Cl)ccc2c1Cl)N1CCN(c2ccccc2F)CC1. The number of anilines is 1. The topological polar surface area (TPSA) is 23.6 Å². The Balaban J connectivity index is 1.52. The Morgan fingerprint density at radius 2 is 1.77 bits per heavy atom. The zero-order chi connectivity index (χ0) is 18.3. The van der Waals surface area contributed by atoms with Crippen molar-refractivity contribution in [2.24, 2.45) is 0 Å². The summed E-state index contributed by atoms with van der Waals surface area (Å²) in [5.41, 5.74) is 0.578. The smallest absolute Gasteiger partial charge is 0.265 e. The van der Waals surface area contributed by atoms with E-state index >= 15 is 0 Å². The standard InChI is InChI=1S/C19H15Cl2FN2OS/c20-12-5-6-13-16(11-12)26-18(17(13)21)19(25)24-9-7-23(8-10-24)15-4-2-1-3-14(15)22/h1-6,11H,7-10H2. The number of benzene rings is 2. The van der Waals surface area contributed by atoms with Crippen molar-refractivity contribution in [3.8, 4) is 0 Å². The van der Waals surface area contributed by atoms with Gasteiger partial charge in [-0.2, -0.15) is 0 Å². The summed E-state index contributed by atoms with van der Waals surface area (Å²) in [6.45, 7) is 2.22. The van der Waals surface area contributed by atoms with E-state index in [9.17, 15) is 9.18 Å². The van der Waals surface area contributed by atoms with E-state index in [1.807, 2.05) is 23.1 Å². The van der Waals surface area contributed by atoms with Gasteiger partial charge in [-0.15, -0.1) is 11.3 Å². The molecule has 0 spiro atoms. The zero-order valence-electron chi connectivity index (χ0n) is 13.7. The van der Waals surface area contributed by atoms with Gasteiger partial charge in [0.2, 0.25) is 0 Å². The number of rotatable bonds is 2. The third-order valence-electron chi connectivity index (χ3n) is 4.55.